The molecule has 102 valence electrons. The van der Waals surface area contributed by atoms with Gasteiger partial charge in [-0.1, -0.05) is 29.8 Å². The van der Waals surface area contributed by atoms with Crippen LogP contribution in [0.3, 0.4) is 0 Å². The average molecular weight is 271 g/mol. The smallest absolute Gasteiger partial charge is 0.229 e. The van der Waals surface area contributed by atoms with Crippen LogP contribution < -0.4 is 5.32 Å². The van der Waals surface area contributed by atoms with Crippen molar-refractivity contribution in [3.05, 3.63) is 35.4 Å². The predicted octanol–water partition coefficient (Wildman–Crippen LogP) is 2.20. The molecule has 0 radical (unpaired) electrons. The molecule has 0 aliphatic rings. The fourth-order valence-corrected chi connectivity index (χ4v) is 1.80. The Kier molecular flexibility index (Phi) is 7.64. The molecule has 0 aliphatic carbocycles. The first-order chi connectivity index (χ1) is 8.06. The van der Waals surface area contributed by atoms with Crippen molar-refractivity contribution in [1.29, 1.82) is 0 Å². The number of nitrogens with zero attached hydrogens (tertiary/aromatic N) is 1. The second-order valence-corrected chi connectivity index (χ2v) is 4.50. The third kappa shape index (κ3) is 4.67. The van der Waals surface area contributed by atoms with Crippen LogP contribution in [0.15, 0.2) is 24.3 Å². The van der Waals surface area contributed by atoms with Crippen LogP contribution in [0.5, 0.6) is 0 Å². The Morgan fingerprint density at radius 3 is 2.67 bits per heavy atom. The number of halogens is 1. The van der Waals surface area contributed by atoms with Crippen LogP contribution in [0.4, 0.5) is 0 Å². The summed E-state index contributed by atoms with van der Waals surface area (Å²) in [5, 5.41) is 3.05. The molecule has 1 rings (SSSR count). The van der Waals surface area contributed by atoms with Crippen molar-refractivity contribution < 1.29 is 4.79 Å². The monoisotopic (exact) mass is 270 g/mol. The summed E-state index contributed by atoms with van der Waals surface area (Å²) in [7, 11) is 3.74. The quantitative estimate of drug-likeness (QED) is 0.890. The molecule has 3 nitrogen and oxygen atoms in total. The van der Waals surface area contributed by atoms with Gasteiger partial charge < -0.3 is 10.2 Å². The van der Waals surface area contributed by atoms with E-state index in [4.69, 9.17) is 0 Å². The van der Waals surface area contributed by atoms with Crippen LogP contribution in [0.2, 0.25) is 0 Å². The number of carbonyl (C=O) groups excluding carboxylic acids is 1. The fourth-order valence-electron chi connectivity index (χ4n) is 1.80. The Morgan fingerprint density at radius 2 is 2.11 bits per heavy atom. The van der Waals surface area contributed by atoms with Crippen LogP contribution in [0.25, 0.3) is 0 Å². The van der Waals surface area contributed by atoms with Crippen LogP contribution in [0.1, 0.15) is 24.0 Å². The summed E-state index contributed by atoms with van der Waals surface area (Å²) < 4.78 is 0. The highest BCUT2D eigenvalue weighted by molar-refractivity contribution is 5.85. The molecule has 1 aromatic carbocycles. The number of hydrogen-bond donors (Lipinski definition) is 1. The largest absolute Gasteiger partial charge is 0.344 e. The summed E-state index contributed by atoms with van der Waals surface area (Å²) >= 11 is 0. The molecule has 1 amide bonds. The molecule has 0 saturated heterocycles. The number of amides is 1. The molecule has 1 N–H and O–H groups in total. The molecule has 0 heterocycles. The molecule has 0 aromatic heterocycles. The van der Waals surface area contributed by atoms with Gasteiger partial charge in [-0.25, -0.2) is 0 Å². The summed E-state index contributed by atoms with van der Waals surface area (Å²) in [4.78, 5) is 13.9. The minimum Gasteiger partial charge on any atom is -0.344 e. The molecule has 0 bridgehead atoms. The first kappa shape index (κ1) is 16.9. The lowest BCUT2D eigenvalue weighted by Gasteiger charge is -2.21. The van der Waals surface area contributed by atoms with E-state index < -0.39 is 0 Å². The Hall–Kier alpha value is -1.06. The van der Waals surface area contributed by atoms with Crippen molar-refractivity contribution in [1.82, 2.24) is 10.2 Å². The lowest BCUT2D eigenvalue weighted by atomic mass is 9.98. The van der Waals surface area contributed by atoms with E-state index in [1.54, 1.807) is 4.90 Å². The topological polar surface area (TPSA) is 32.3 Å². The summed E-state index contributed by atoms with van der Waals surface area (Å²) in [6.07, 6.45) is 0. The van der Waals surface area contributed by atoms with Crippen LogP contribution in [-0.2, 0) is 4.79 Å². The van der Waals surface area contributed by atoms with Gasteiger partial charge in [0.25, 0.3) is 0 Å². The van der Waals surface area contributed by atoms with Gasteiger partial charge in [-0.05, 0) is 26.5 Å². The summed E-state index contributed by atoms with van der Waals surface area (Å²) in [6, 6.07) is 8.14. The molecule has 0 spiro atoms. The maximum absolute atomic E-state index is 12.2. The van der Waals surface area contributed by atoms with E-state index in [0.717, 1.165) is 18.7 Å². The second-order valence-electron chi connectivity index (χ2n) is 4.50. The first-order valence-electron chi connectivity index (χ1n) is 6.02. The first-order valence-corrected chi connectivity index (χ1v) is 6.02. The SMILES string of the molecule is CNCCN(C)C(=O)C(C)c1cccc(C)c1.Cl. The normalized spacial score (nSPS) is 11.6. The van der Waals surface area contributed by atoms with Gasteiger partial charge in [-0.3, -0.25) is 4.79 Å². The molecule has 4 heteroatoms. The minimum absolute atomic E-state index is 0. The van der Waals surface area contributed by atoms with Gasteiger partial charge in [-0.2, -0.15) is 0 Å². The van der Waals surface area contributed by atoms with Crippen molar-refractivity contribution in [2.45, 2.75) is 19.8 Å². The van der Waals surface area contributed by atoms with Gasteiger partial charge in [0.05, 0.1) is 5.92 Å². The molecule has 0 saturated carbocycles. The lowest BCUT2D eigenvalue weighted by molar-refractivity contribution is -0.131. The third-order valence-electron chi connectivity index (χ3n) is 2.99. The number of carbonyl (C=O) groups is 1. The number of nitrogens with one attached hydrogen (secondary N) is 1. The molecule has 1 atom stereocenters. The summed E-state index contributed by atoms with van der Waals surface area (Å²) in [5.74, 6) is 0.0996. The molecule has 18 heavy (non-hydrogen) atoms. The minimum atomic E-state index is -0.0724. The van der Waals surface area contributed by atoms with Crippen molar-refractivity contribution in [2.75, 3.05) is 27.2 Å². The van der Waals surface area contributed by atoms with E-state index >= 15 is 0 Å². The van der Waals surface area contributed by atoms with E-state index in [2.05, 4.69) is 11.4 Å². The lowest BCUT2D eigenvalue weighted by Crippen LogP contribution is -2.35. The molecule has 1 aromatic rings. The van der Waals surface area contributed by atoms with Crippen molar-refractivity contribution in [3.63, 3.8) is 0 Å². The summed E-state index contributed by atoms with van der Waals surface area (Å²) in [5.41, 5.74) is 2.28. The number of rotatable bonds is 5. The molecule has 0 aliphatic heterocycles. The zero-order valence-electron chi connectivity index (χ0n) is 11.6. The van der Waals surface area contributed by atoms with Gasteiger partial charge >= 0.3 is 0 Å². The van der Waals surface area contributed by atoms with Gasteiger partial charge in [0.15, 0.2) is 0 Å². The molecule has 0 fully saturated rings. The maximum atomic E-state index is 12.2. The number of likely N-dealkylation sites (N-methyl/N-ethyl adjacent to an activating group) is 2. The number of aryl methyl sites for hydroxylation is 1. The molecular formula is C14H23ClN2O. The zero-order chi connectivity index (χ0) is 12.8. The van der Waals surface area contributed by atoms with Gasteiger partial charge in [0, 0.05) is 20.1 Å². The highest BCUT2D eigenvalue weighted by Gasteiger charge is 2.18. The standard InChI is InChI=1S/C14H22N2O.ClH/c1-11-6-5-7-13(10-11)12(2)14(17)16(4)9-8-15-3;/h5-7,10,12,15H,8-9H2,1-4H3;1H. The van der Waals surface area contributed by atoms with E-state index in [1.807, 2.05) is 46.1 Å². The van der Waals surface area contributed by atoms with E-state index in [1.165, 1.54) is 5.56 Å². The maximum Gasteiger partial charge on any atom is 0.229 e. The Balaban J connectivity index is 0.00000289. The third-order valence-corrected chi connectivity index (χ3v) is 2.99. The van der Waals surface area contributed by atoms with Gasteiger partial charge in [-0.15, -0.1) is 12.4 Å². The Labute approximate surface area is 116 Å². The Morgan fingerprint density at radius 1 is 1.44 bits per heavy atom. The number of hydrogen-bond acceptors (Lipinski definition) is 2. The summed E-state index contributed by atoms with van der Waals surface area (Å²) in [6.45, 7) is 5.58. The van der Waals surface area contributed by atoms with Crippen LogP contribution >= 0.6 is 12.4 Å². The van der Waals surface area contributed by atoms with Crippen molar-refractivity contribution in [2.24, 2.45) is 0 Å². The van der Waals surface area contributed by atoms with Crippen molar-refractivity contribution >= 4 is 18.3 Å². The van der Waals surface area contributed by atoms with Gasteiger partial charge in [0.2, 0.25) is 5.91 Å². The highest BCUT2D eigenvalue weighted by atomic mass is 35.5. The molecule has 1 unspecified atom stereocenters. The van der Waals surface area contributed by atoms with E-state index in [9.17, 15) is 4.79 Å². The number of benzene rings is 1. The zero-order valence-corrected chi connectivity index (χ0v) is 12.4. The van der Waals surface area contributed by atoms with Crippen LogP contribution in [-0.4, -0.2) is 38.0 Å². The fraction of sp³-hybridized carbons (Fsp3) is 0.500. The van der Waals surface area contributed by atoms with E-state index in [0.29, 0.717) is 0 Å². The highest BCUT2D eigenvalue weighted by Crippen LogP contribution is 2.18. The molecular weight excluding hydrogens is 248 g/mol. The van der Waals surface area contributed by atoms with Crippen LogP contribution in [0, 0.1) is 6.92 Å². The Bertz CT molecular complexity index is 382. The van der Waals surface area contributed by atoms with Gasteiger partial charge in [0.1, 0.15) is 0 Å². The predicted molar refractivity (Wildman–Crippen MR) is 78.4 cm³/mol. The second kappa shape index (κ2) is 8.11. The van der Waals surface area contributed by atoms with E-state index in [-0.39, 0.29) is 24.2 Å². The average Bonchev–Trinajstić information content (AvgIpc) is 2.34. The van der Waals surface area contributed by atoms with Crippen molar-refractivity contribution in [3.8, 4) is 0 Å².